The Labute approximate surface area is 179 Å². The van der Waals surface area contributed by atoms with Gasteiger partial charge >= 0.3 is 5.97 Å². The second-order valence-electron chi connectivity index (χ2n) is 7.24. The second kappa shape index (κ2) is 9.02. The number of carboxylic acids is 1. The van der Waals surface area contributed by atoms with Crippen LogP contribution in [0, 0.1) is 5.82 Å². The monoisotopic (exact) mass is 418 g/mol. The van der Waals surface area contributed by atoms with Crippen molar-refractivity contribution in [1.82, 2.24) is 9.88 Å². The van der Waals surface area contributed by atoms with E-state index in [1.807, 2.05) is 48.5 Å². The summed E-state index contributed by atoms with van der Waals surface area (Å²) in [5.41, 5.74) is 3.03. The van der Waals surface area contributed by atoms with Gasteiger partial charge in [-0.1, -0.05) is 54.6 Å². The van der Waals surface area contributed by atoms with E-state index in [2.05, 4.69) is 5.32 Å². The zero-order chi connectivity index (χ0) is 21.8. The first-order valence-corrected chi connectivity index (χ1v) is 9.99. The molecule has 0 aliphatic rings. The number of fused-ring (bicyclic) bond motifs is 1. The zero-order valence-corrected chi connectivity index (χ0v) is 17.1. The highest BCUT2D eigenvalue weighted by Crippen LogP contribution is 2.28. The normalized spacial score (nSPS) is 11.0. The number of aromatic carboxylic acids is 1. The van der Waals surface area contributed by atoms with Crippen molar-refractivity contribution < 1.29 is 19.0 Å². The number of halogens is 1. The highest BCUT2D eigenvalue weighted by atomic mass is 19.1. The molecule has 0 bridgehead atoms. The Bertz CT molecular complexity index is 1230. The van der Waals surface area contributed by atoms with E-state index in [9.17, 15) is 14.3 Å². The van der Waals surface area contributed by atoms with Gasteiger partial charge in [0.05, 0.1) is 13.7 Å². The number of nitrogens with zero attached hydrogens (tertiary/aromatic N) is 1. The molecule has 5 nitrogen and oxygen atoms in total. The molecular formula is C25H23FN2O3. The molecule has 0 radical (unpaired) electrons. The van der Waals surface area contributed by atoms with Gasteiger partial charge in [0.2, 0.25) is 0 Å². The molecule has 0 atom stereocenters. The van der Waals surface area contributed by atoms with Gasteiger partial charge in [-0.25, -0.2) is 9.18 Å². The van der Waals surface area contributed by atoms with Crippen LogP contribution in [0.25, 0.3) is 10.9 Å². The zero-order valence-electron chi connectivity index (χ0n) is 17.1. The van der Waals surface area contributed by atoms with E-state index >= 15 is 0 Å². The van der Waals surface area contributed by atoms with Gasteiger partial charge in [0.25, 0.3) is 0 Å². The van der Waals surface area contributed by atoms with Crippen LogP contribution in [0.4, 0.5) is 4.39 Å². The predicted octanol–water partition coefficient (Wildman–Crippen LogP) is 4.83. The first-order chi connectivity index (χ1) is 15.1. The van der Waals surface area contributed by atoms with Crippen molar-refractivity contribution in [3.05, 3.63) is 101 Å². The Morgan fingerprint density at radius 1 is 0.968 bits per heavy atom. The van der Waals surface area contributed by atoms with Crippen LogP contribution in [-0.4, -0.2) is 22.8 Å². The molecule has 0 spiro atoms. The minimum atomic E-state index is -1.04. The van der Waals surface area contributed by atoms with E-state index in [0.717, 1.165) is 22.2 Å². The van der Waals surface area contributed by atoms with Gasteiger partial charge in [0.15, 0.2) is 0 Å². The van der Waals surface area contributed by atoms with Crippen LogP contribution in [-0.2, 0) is 19.6 Å². The molecule has 158 valence electrons. The summed E-state index contributed by atoms with van der Waals surface area (Å²) < 4.78 is 21.4. The number of nitrogens with one attached hydrogen (secondary N) is 1. The molecule has 1 heterocycles. The maximum atomic E-state index is 14.3. The first kappa shape index (κ1) is 20.6. The molecule has 6 heteroatoms. The quantitative estimate of drug-likeness (QED) is 0.430. The smallest absolute Gasteiger partial charge is 0.352 e. The fourth-order valence-electron chi connectivity index (χ4n) is 3.93. The van der Waals surface area contributed by atoms with Crippen molar-refractivity contribution in [2.45, 2.75) is 19.6 Å². The Morgan fingerprint density at radius 2 is 1.65 bits per heavy atom. The molecule has 4 rings (SSSR count). The number of para-hydroxylation sites is 2. The average molecular weight is 418 g/mol. The number of benzene rings is 3. The molecule has 0 saturated carbocycles. The third kappa shape index (κ3) is 4.15. The summed E-state index contributed by atoms with van der Waals surface area (Å²) in [6.45, 7) is 1.02. The molecule has 2 N–H and O–H groups in total. The van der Waals surface area contributed by atoms with Crippen molar-refractivity contribution in [2.75, 3.05) is 7.11 Å². The van der Waals surface area contributed by atoms with Gasteiger partial charge in [-0.3, -0.25) is 0 Å². The van der Waals surface area contributed by atoms with E-state index in [-0.39, 0.29) is 18.1 Å². The summed E-state index contributed by atoms with van der Waals surface area (Å²) in [7, 11) is 1.62. The third-order valence-corrected chi connectivity index (χ3v) is 5.37. The average Bonchev–Trinajstić information content (AvgIpc) is 3.09. The van der Waals surface area contributed by atoms with Crippen LogP contribution in [0.15, 0.2) is 72.8 Å². The van der Waals surface area contributed by atoms with Crippen LogP contribution in [0.1, 0.15) is 27.2 Å². The standard InChI is InChI=1S/C25H23FN2O3/c1-31-23-13-7-3-8-17(23)14-27-15-20-19-10-4-6-12-22(19)28(24(20)25(29)30)16-18-9-2-5-11-21(18)26/h2-13,27H,14-16H2,1H3,(H,29,30). The number of aromatic nitrogens is 1. The molecule has 0 saturated heterocycles. The van der Waals surface area contributed by atoms with E-state index in [4.69, 9.17) is 4.74 Å². The molecule has 0 fully saturated rings. The Morgan fingerprint density at radius 3 is 2.39 bits per heavy atom. The van der Waals surface area contributed by atoms with Crippen LogP contribution >= 0.6 is 0 Å². The lowest BCUT2D eigenvalue weighted by atomic mass is 10.1. The molecule has 31 heavy (non-hydrogen) atoms. The fraction of sp³-hybridized carbons (Fsp3) is 0.160. The predicted molar refractivity (Wildman–Crippen MR) is 118 cm³/mol. The number of ether oxygens (including phenoxy) is 1. The van der Waals surface area contributed by atoms with E-state index in [1.54, 1.807) is 29.9 Å². The van der Waals surface area contributed by atoms with Gasteiger partial charge in [-0.2, -0.15) is 0 Å². The van der Waals surface area contributed by atoms with Crippen LogP contribution < -0.4 is 10.1 Å². The minimum absolute atomic E-state index is 0.140. The summed E-state index contributed by atoms with van der Waals surface area (Å²) in [5.74, 6) is -0.621. The largest absolute Gasteiger partial charge is 0.496 e. The molecule has 0 aliphatic heterocycles. The van der Waals surface area contributed by atoms with Gasteiger partial charge in [0.1, 0.15) is 17.3 Å². The number of hydrogen-bond donors (Lipinski definition) is 2. The summed E-state index contributed by atoms with van der Waals surface area (Å²) in [6, 6.07) is 21.6. The SMILES string of the molecule is COc1ccccc1CNCc1c(C(=O)O)n(Cc2ccccc2F)c2ccccc12. The van der Waals surface area contributed by atoms with E-state index in [0.29, 0.717) is 24.2 Å². The van der Waals surface area contributed by atoms with Gasteiger partial charge in [0, 0.05) is 40.7 Å². The summed E-state index contributed by atoms with van der Waals surface area (Å²) in [5, 5.41) is 14.2. The topological polar surface area (TPSA) is 63.5 Å². The summed E-state index contributed by atoms with van der Waals surface area (Å²) in [6.07, 6.45) is 0. The van der Waals surface area contributed by atoms with Crippen LogP contribution in [0.2, 0.25) is 0 Å². The number of methoxy groups -OCH3 is 1. The summed E-state index contributed by atoms with van der Waals surface area (Å²) >= 11 is 0. The lowest BCUT2D eigenvalue weighted by molar-refractivity contribution is 0.0684. The molecule has 0 amide bonds. The van der Waals surface area contributed by atoms with Crippen molar-refractivity contribution in [3.8, 4) is 5.75 Å². The number of hydrogen-bond acceptors (Lipinski definition) is 3. The number of carbonyl (C=O) groups is 1. The Balaban J connectivity index is 1.70. The molecule has 3 aromatic carbocycles. The van der Waals surface area contributed by atoms with Crippen LogP contribution in [0.5, 0.6) is 5.75 Å². The molecular weight excluding hydrogens is 395 g/mol. The fourth-order valence-corrected chi connectivity index (χ4v) is 3.93. The summed E-state index contributed by atoms with van der Waals surface area (Å²) in [4.78, 5) is 12.3. The van der Waals surface area contributed by atoms with E-state index in [1.165, 1.54) is 6.07 Å². The van der Waals surface area contributed by atoms with Gasteiger partial charge < -0.3 is 19.7 Å². The highest BCUT2D eigenvalue weighted by Gasteiger charge is 2.22. The van der Waals surface area contributed by atoms with Crippen molar-refractivity contribution in [3.63, 3.8) is 0 Å². The van der Waals surface area contributed by atoms with E-state index < -0.39 is 5.97 Å². The van der Waals surface area contributed by atoms with Crippen molar-refractivity contribution in [1.29, 1.82) is 0 Å². The highest BCUT2D eigenvalue weighted by molar-refractivity contribution is 5.98. The Hall–Kier alpha value is -3.64. The van der Waals surface area contributed by atoms with Crippen LogP contribution in [0.3, 0.4) is 0 Å². The molecule has 0 aliphatic carbocycles. The van der Waals surface area contributed by atoms with Gasteiger partial charge in [-0.15, -0.1) is 0 Å². The first-order valence-electron chi connectivity index (χ1n) is 9.99. The minimum Gasteiger partial charge on any atom is -0.496 e. The number of rotatable bonds is 8. The van der Waals surface area contributed by atoms with Gasteiger partial charge in [-0.05, 0) is 18.2 Å². The molecule has 0 unspecified atom stereocenters. The lowest BCUT2D eigenvalue weighted by Gasteiger charge is -2.11. The third-order valence-electron chi connectivity index (χ3n) is 5.37. The lowest BCUT2D eigenvalue weighted by Crippen LogP contribution is -2.17. The van der Waals surface area contributed by atoms with Crippen molar-refractivity contribution in [2.24, 2.45) is 0 Å². The number of carboxylic acid groups (broad SMARTS) is 1. The van der Waals surface area contributed by atoms with Crippen molar-refractivity contribution >= 4 is 16.9 Å². The molecule has 1 aromatic heterocycles. The molecule has 4 aromatic rings. The Kier molecular flexibility index (Phi) is 6.00. The second-order valence-corrected chi connectivity index (χ2v) is 7.24. The maximum Gasteiger partial charge on any atom is 0.352 e. The maximum absolute atomic E-state index is 14.3.